The van der Waals surface area contributed by atoms with Gasteiger partial charge in [0.25, 0.3) is 11.1 Å². The van der Waals surface area contributed by atoms with Crippen molar-refractivity contribution in [2.24, 2.45) is 5.73 Å². The Morgan fingerprint density at radius 3 is 2.27 bits per heavy atom. The number of nitrogens with two attached hydrogens (primary N) is 1. The first kappa shape index (κ1) is 27.4. The van der Waals surface area contributed by atoms with Gasteiger partial charge in [0.05, 0.1) is 26.2 Å². The molecule has 37 heavy (non-hydrogen) atoms. The van der Waals surface area contributed by atoms with Crippen LogP contribution in [-0.2, 0) is 16.0 Å². The summed E-state index contributed by atoms with van der Waals surface area (Å²) in [6.45, 7) is -0.0440. The monoisotopic (exact) mass is 528 g/mol. The Morgan fingerprint density at radius 1 is 1.05 bits per heavy atom. The Hall–Kier alpha value is -4.19. The second-order valence-electron chi connectivity index (χ2n) is 7.83. The molecule has 5 amide bonds. The Labute approximate surface area is 218 Å². The molecule has 0 spiro atoms. The van der Waals surface area contributed by atoms with Gasteiger partial charge in [0.15, 0.2) is 11.5 Å². The molecule has 1 unspecified atom stereocenters. The molecule has 1 aliphatic rings. The van der Waals surface area contributed by atoms with Crippen molar-refractivity contribution in [2.45, 2.75) is 12.5 Å². The van der Waals surface area contributed by atoms with Crippen molar-refractivity contribution < 1.29 is 33.4 Å². The molecule has 1 atom stereocenters. The summed E-state index contributed by atoms with van der Waals surface area (Å²) in [6.07, 6.45) is 1.79. The average molecular weight is 529 g/mol. The molecule has 0 saturated carbocycles. The van der Waals surface area contributed by atoms with Gasteiger partial charge < -0.3 is 30.6 Å². The third-order valence-corrected chi connectivity index (χ3v) is 6.32. The van der Waals surface area contributed by atoms with Crippen molar-refractivity contribution in [3.63, 3.8) is 0 Å². The zero-order valence-corrected chi connectivity index (χ0v) is 21.4. The lowest BCUT2D eigenvalue weighted by Crippen LogP contribution is -2.51. The molecular weight excluding hydrogens is 500 g/mol. The van der Waals surface area contributed by atoms with Crippen LogP contribution in [0.2, 0.25) is 0 Å². The smallest absolute Gasteiger partial charge is 0.312 e. The van der Waals surface area contributed by atoms with Gasteiger partial charge >= 0.3 is 6.03 Å². The van der Waals surface area contributed by atoms with Crippen LogP contribution in [-0.4, -0.2) is 68.4 Å². The quantitative estimate of drug-likeness (QED) is 0.376. The highest BCUT2D eigenvalue weighted by molar-refractivity contribution is 8.18. The molecule has 12 heteroatoms. The normalized spacial score (nSPS) is 14.9. The zero-order valence-electron chi connectivity index (χ0n) is 20.6. The molecule has 196 valence electrons. The van der Waals surface area contributed by atoms with Crippen LogP contribution in [0.15, 0.2) is 47.4 Å². The molecule has 0 aromatic heterocycles. The summed E-state index contributed by atoms with van der Waals surface area (Å²) in [4.78, 5) is 50.7. The van der Waals surface area contributed by atoms with Gasteiger partial charge in [-0.2, -0.15) is 0 Å². The number of ether oxygens (including phenoxy) is 3. The second kappa shape index (κ2) is 12.7. The van der Waals surface area contributed by atoms with Crippen LogP contribution in [0, 0.1) is 0 Å². The number of methoxy groups -OCH3 is 3. The number of carbonyl (C=O) groups is 4. The van der Waals surface area contributed by atoms with Crippen LogP contribution in [0.4, 0.5) is 9.59 Å². The molecule has 0 aliphatic carbocycles. The molecule has 4 N–H and O–H groups in total. The summed E-state index contributed by atoms with van der Waals surface area (Å²) in [7, 11) is 4.44. The first-order valence-electron chi connectivity index (χ1n) is 11.2. The fraction of sp³-hybridized carbons (Fsp3) is 0.280. The predicted octanol–water partition coefficient (Wildman–Crippen LogP) is 2.14. The number of nitrogens with one attached hydrogen (secondary N) is 2. The van der Waals surface area contributed by atoms with Crippen molar-refractivity contribution in [3.05, 3.63) is 58.5 Å². The summed E-state index contributed by atoms with van der Waals surface area (Å²) in [5.41, 5.74) is 6.63. The van der Waals surface area contributed by atoms with E-state index in [9.17, 15) is 19.2 Å². The van der Waals surface area contributed by atoms with Gasteiger partial charge in [-0.15, -0.1) is 0 Å². The van der Waals surface area contributed by atoms with Crippen molar-refractivity contribution in [1.82, 2.24) is 15.5 Å². The number of benzene rings is 2. The van der Waals surface area contributed by atoms with E-state index in [2.05, 4.69) is 10.6 Å². The van der Waals surface area contributed by atoms with E-state index >= 15 is 0 Å². The third-order valence-electron chi connectivity index (χ3n) is 5.41. The molecule has 1 aliphatic heterocycles. The van der Waals surface area contributed by atoms with Gasteiger partial charge in [-0.25, -0.2) is 4.79 Å². The highest BCUT2D eigenvalue weighted by Crippen LogP contribution is 2.40. The van der Waals surface area contributed by atoms with Gasteiger partial charge in [0.2, 0.25) is 11.7 Å². The SMILES string of the molecule is COc1cc(C=C2SC(=O)N(CCNC(=O)C(Cc3ccccc3)NC(N)=O)C2=O)cc(OC)c1OC. The minimum Gasteiger partial charge on any atom is -0.493 e. The summed E-state index contributed by atoms with van der Waals surface area (Å²) in [5, 5.41) is 4.61. The van der Waals surface area contributed by atoms with Gasteiger partial charge in [-0.1, -0.05) is 30.3 Å². The Bertz CT molecular complexity index is 1180. The summed E-state index contributed by atoms with van der Waals surface area (Å²) in [5.74, 6) is 0.244. The molecular formula is C25H28N4O7S. The summed E-state index contributed by atoms with van der Waals surface area (Å²) >= 11 is 0.788. The molecule has 1 heterocycles. The van der Waals surface area contributed by atoms with Crippen molar-refractivity contribution >= 4 is 40.9 Å². The fourth-order valence-corrected chi connectivity index (χ4v) is 4.54. The predicted molar refractivity (Wildman–Crippen MR) is 138 cm³/mol. The minimum absolute atomic E-state index is 0.0000659. The van der Waals surface area contributed by atoms with Crippen LogP contribution in [0.25, 0.3) is 6.08 Å². The number of imide groups is 1. The Kier molecular flexibility index (Phi) is 9.39. The molecule has 2 aromatic rings. The average Bonchev–Trinajstić information content (AvgIpc) is 3.15. The topological polar surface area (TPSA) is 149 Å². The molecule has 2 aromatic carbocycles. The number of nitrogens with zero attached hydrogens (tertiary/aromatic N) is 1. The highest BCUT2D eigenvalue weighted by atomic mass is 32.2. The van der Waals surface area contributed by atoms with E-state index in [1.54, 1.807) is 18.2 Å². The van der Waals surface area contributed by atoms with Crippen LogP contribution in [0.1, 0.15) is 11.1 Å². The van der Waals surface area contributed by atoms with E-state index < -0.39 is 29.1 Å². The lowest BCUT2D eigenvalue weighted by molar-refractivity contribution is -0.125. The first-order chi connectivity index (χ1) is 17.8. The number of hydrogen-bond acceptors (Lipinski definition) is 8. The third kappa shape index (κ3) is 6.94. The highest BCUT2D eigenvalue weighted by Gasteiger charge is 2.35. The number of carbonyl (C=O) groups excluding carboxylic acids is 4. The number of hydrogen-bond donors (Lipinski definition) is 3. The van der Waals surface area contributed by atoms with E-state index in [0.29, 0.717) is 22.8 Å². The van der Waals surface area contributed by atoms with E-state index in [-0.39, 0.29) is 24.4 Å². The van der Waals surface area contributed by atoms with Gasteiger partial charge in [0, 0.05) is 19.5 Å². The summed E-state index contributed by atoms with van der Waals surface area (Å²) in [6, 6.07) is 10.7. The van der Waals surface area contributed by atoms with Crippen LogP contribution < -0.4 is 30.6 Å². The number of amides is 5. The maximum absolute atomic E-state index is 12.9. The van der Waals surface area contributed by atoms with Crippen molar-refractivity contribution in [2.75, 3.05) is 34.4 Å². The Morgan fingerprint density at radius 2 is 1.70 bits per heavy atom. The van der Waals surface area contributed by atoms with Crippen LogP contribution in [0.3, 0.4) is 0 Å². The maximum atomic E-state index is 12.9. The maximum Gasteiger partial charge on any atom is 0.312 e. The second-order valence-corrected chi connectivity index (χ2v) is 8.83. The first-order valence-corrected chi connectivity index (χ1v) is 12.0. The van der Waals surface area contributed by atoms with Gasteiger partial charge in [0.1, 0.15) is 6.04 Å². The van der Waals surface area contributed by atoms with Crippen molar-refractivity contribution in [3.8, 4) is 17.2 Å². The Balaban J connectivity index is 1.65. The van der Waals surface area contributed by atoms with E-state index in [4.69, 9.17) is 19.9 Å². The molecule has 1 saturated heterocycles. The molecule has 0 radical (unpaired) electrons. The van der Waals surface area contributed by atoms with E-state index in [0.717, 1.165) is 22.2 Å². The number of urea groups is 1. The standard InChI is InChI=1S/C25H28N4O7S/c1-34-18-12-16(13-19(35-2)21(18)36-3)14-20-23(31)29(25(33)37-20)10-9-27-22(30)17(28-24(26)32)11-15-7-5-4-6-8-15/h4-8,12-14,17H,9-11H2,1-3H3,(H,27,30)(H3,26,28,32). The van der Waals surface area contributed by atoms with Crippen LogP contribution in [0.5, 0.6) is 17.2 Å². The molecule has 0 bridgehead atoms. The van der Waals surface area contributed by atoms with Gasteiger partial charge in [-0.3, -0.25) is 19.3 Å². The van der Waals surface area contributed by atoms with Gasteiger partial charge in [-0.05, 0) is 41.1 Å². The number of primary amides is 1. The largest absolute Gasteiger partial charge is 0.493 e. The zero-order chi connectivity index (χ0) is 26.9. The summed E-state index contributed by atoms with van der Waals surface area (Å²) < 4.78 is 16.0. The van der Waals surface area contributed by atoms with E-state index in [1.165, 1.54) is 21.3 Å². The van der Waals surface area contributed by atoms with Crippen LogP contribution >= 0.6 is 11.8 Å². The molecule has 11 nitrogen and oxygen atoms in total. The van der Waals surface area contributed by atoms with Crippen molar-refractivity contribution in [1.29, 1.82) is 0 Å². The van der Waals surface area contributed by atoms with E-state index in [1.807, 2.05) is 30.3 Å². The minimum atomic E-state index is -0.908. The number of rotatable bonds is 11. The molecule has 1 fully saturated rings. The lowest BCUT2D eigenvalue weighted by atomic mass is 10.1. The lowest BCUT2D eigenvalue weighted by Gasteiger charge is -2.19. The molecule has 3 rings (SSSR count). The fourth-order valence-electron chi connectivity index (χ4n) is 3.67. The number of thioether (sulfide) groups is 1.